The average molecular weight is 418 g/mol. The van der Waals surface area contributed by atoms with Crippen molar-refractivity contribution in [3.05, 3.63) is 89.0 Å². The van der Waals surface area contributed by atoms with Gasteiger partial charge in [0, 0.05) is 35.8 Å². The Kier molecular flexibility index (Phi) is 5.29. The number of nitrogens with zero attached hydrogens (tertiary/aromatic N) is 2. The number of para-hydroxylation sites is 1. The summed E-state index contributed by atoms with van der Waals surface area (Å²) in [7, 11) is 0. The third kappa shape index (κ3) is 3.67. The van der Waals surface area contributed by atoms with Crippen molar-refractivity contribution in [2.75, 3.05) is 6.54 Å². The first-order valence-electron chi connectivity index (χ1n) is 9.24. The first-order valence-corrected chi connectivity index (χ1v) is 10.1. The number of carboxylic acid groups (broad SMARTS) is 1. The summed E-state index contributed by atoms with van der Waals surface area (Å²) in [6, 6.07) is 14.6. The zero-order valence-electron chi connectivity index (χ0n) is 15.9. The number of carboxylic acids is 1. The maximum atomic E-state index is 12.6. The highest BCUT2D eigenvalue weighted by Gasteiger charge is 2.34. The second-order valence-electron chi connectivity index (χ2n) is 6.82. The fraction of sp³-hybridized carbons (Fsp3) is 0.0870. The van der Waals surface area contributed by atoms with E-state index >= 15 is 0 Å². The molecule has 1 fully saturated rings. The number of fused-ring (bicyclic) bond motifs is 1. The minimum atomic E-state index is -0.967. The van der Waals surface area contributed by atoms with Crippen LogP contribution in [0.2, 0.25) is 0 Å². The molecule has 0 bridgehead atoms. The van der Waals surface area contributed by atoms with Crippen molar-refractivity contribution in [1.29, 1.82) is 0 Å². The quantitative estimate of drug-likeness (QED) is 0.467. The van der Waals surface area contributed by atoms with Gasteiger partial charge in [0.05, 0.1) is 10.5 Å². The molecule has 0 atom stereocenters. The van der Waals surface area contributed by atoms with E-state index in [9.17, 15) is 19.5 Å². The van der Waals surface area contributed by atoms with Crippen molar-refractivity contribution in [3.63, 3.8) is 0 Å². The van der Waals surface area contributed by atoms with Crippen LogP contribution in [-0.4, -0.2) is 38.2 Å². The second kappa shape index (κ2) is 8.04. The summed E-state index contributed by atoms with van der Waals surface area (Å²) in [6.45, 7) is 4.25. The molecule has 2 aromatic carbocycles. The molecule has 0 radical (unpaired) electrons. The molecule has 1 aliphatic heterocycles. The van der Waals surface area contributed by atoms with Crippen LogP contribution in [0, 0.1) is 0 Å². The van der Waals surface area contributed by atoms with E-state index in [4.69, 9.17) is 0 Å². The maximum absolute atomic E-state index is 12.6. The Morgan fingerprint density at radius 3 is 2.70 bits per heavy atom. The molecule has 0 unspecified atom stereocenters. The van der Waals surface area contributed by atoms with E-state index in [2.05, 4.69) is 6.58 Å². The number of thioether (sulfide) groups is 1. The first-order chi connectivity index (χ1) is 14.5. The van der Waals surface area contributed by atoms with E-state index in [-0.39, 0.29) is 23.3 Å². The first kappa shape index (κ1) is 19.7. The van der Waals surface area contributed by atoms with E-state index in [0.717, 1.165) is 33.8 Å². The molecule has 3 aromatic rings. The average Bonchev–Trinajstić information content (AvgIpc) is 3.21. The SMILES string of the molecule is C=CCN1C(=O)S/C(=C/c2cn(Cc3cccc(C(=O)O)c3)c3ccccc23)C1=O. The van der Waals surface area contributed by atoms with Gasteiger partial charge in [0.1, 0.15) is 0 Å². The summed E-state index contributed by atoms with van der Waals surface area (Å²) >= 11 is 0.920. The summed E-state index contributed by atoms with van der Waals surface area (Å²) in [6.07, 6.45) is 5.18. The zero-order valence-corrected chi connectivity index (χ0v) is 16.8. The summed E-state index contributed by atoms with van der Waals surface area (Å²) in [5.74, 6) is -1.29. The van der Waals surface area contributed by atoms with Crippen LogP contribution in [0.15, 0.2) is 72.3 Å². The number of benzene rings is 2. The van der Waals surface area contributed by atoms with Gasteiger partial charge < -0.3 is 9.67 Å². The smallest absolute Gasteiger partial charge is 0.335 e. The molecule has 4 rings (SSSR count). The van der Waals surface area contributed by atoms with Crippen molar-refractivity contribution < 1.29 is 19.5 Å². The van der Waals surface area contributed by atoms with Crippen LogP contribution in [-0.2, 0) is 11.3 Å². The normalized spacial score (nSPS) is 15.3. The second-order valence-corrected chi connectivity index (χ2v) is 7.81. The lowest BCUT2D eigenvalue weighted by atomic mass is 10.1. The van der Waals surface area contributed by atoms with Crippen LogP contribution in [0.5, 0.6) is 0 Å². The predicted octanol–water partition coefficient (Wildman–Crippen LogP) is 4.61. The van der Waals surface area contributed by atoms with Gasteiger partial charge in [-0.3, -0.25) is 14.5 Å². The summed E-state index contributed by atoms with van der Waals surface area (Å²) in [5.41, 5.74) is 2.87. The fourth-order valence-corrected chi connectivity index (χ4v) is 4.29. The maximum Gasteiger partial charge on any atom is 0.335 e. The highest BCUT2D eigenvalue weighted by atomic mass is 32.2. The minimum absolute atomic E-state index is 0.184. The lowest BCUT2D eigenvalue weighted by Gasteiger charge is -2.07. The molecule has 1 aliphatic rings. The van der Waals surface area contributed by atoms with E-state index in [1.807, 2.05) is 41.1 Å². The zero-order chi connectivity index (χ0) is 21.3. The summed E-state index contributed by atoms with van der Waals surface area (Å²) in [4.78, 5) is 37.4. The lowest BCUT2D eigenvalue weighted by molar-refractivity contribution is -0.122. The number of amides is 2. The van der Waals surface area contributed by atoms with Gasteiger partial charge in [-0.25, -0.2) is 4.79 Å². The Hall–Kier alpha value is -3.58. The number of rotatable bonds is 6. The molecule has 2 amide bonds. The molecule has 0 spiro atoms. The number of aromatic carboxylic acids is 1. The molecule has 6 nitrogen and oxygen atoms in total. The number of hydrogen-bond acceptors (Lipinski definition) is 4. The third-order valence-electron chi connectivity index (χ3n) is 4.82. The molecule has 7 heteroatoms. The monoisotopic (exact) mass is 418 g/mol. The minimum Gasteiger partial charge on any atom is -0.478 e. The topological polar surface area (TPSA) is 79.6 Å². The van der Waals surface area contributed by atoms with Gasteiger partial charge in [-0.05, 0) is 41.6 Å². The van der Waals surface area contributed by atoms with Gasteiger partial charge in [0.15, 0.2) is 0 Å². The molecule has 30 heavy (non-hydrogen) atoms. The molecule has 2 heterocycles. The molecular weight excluding hydrogens is 400 g/mol. The summed E-state index contributed by atoms with van der Waals surface area (Å²) in [5, 5.41) is 9.87. The number of hydrogen-bond donors (Lipinski definition) is 1. The van der Waals surface area contributed by atoms with Gasteiger partial charge >= 0.3 is 5.97 Å². The van der Waals surface area contributed by atoms with Crippen LogP contribution in [0.4, 0.5) is 4.79 Å². The number of imide groups is 1. The summed E-state index contributed by atoms with van der Waals surface area (Å²) < 4.78 is 2.01. The van der Waals surface area contributed by atoms with E-state index in [0.29, 0.717) is 11.4 Å². The van der Waals surface area contributed by atoms with Crippen molar-refractivity contribution in [3.8, 4) is 0 Å². The molecule has 150 valence electrons. The number of carbonyl (C=O) groups excluding carboxylic acids is 2. The highest BCUT2D eigenvalue weighted by molar-refractivity contribution is 8.18. The molecular formula is C23H18N2O4S. The van der Waals surface area contributed by atoms with Crippen molar-refractivity contribution in [2.24, 2.45) is 0 Å². The van der Waals surface area contributed by atoms with Crippen molar-refractivity contribution in [1.82, 2.24) is 9.47 Å². The number of carbonyl (C=O) groups is 3. The van der Waals surface area contributed by atoms with Crippen LogP contribution in [0.25, 0.3) is 17.0 Å². The standard InChI is InChI=1S/C23H18N2O4S/c1-2-10-25-21(26)20(30-23(25)29)12-17-14-24(19-9-4-3-8-18(17)19)13-15-6-5-7-16(11-15)22(27)28/h2-9,11-12,14H,1,10,13H2,(H,27,28)/b20-12+. The molecule has 1 aromatic heterocycles. The van der Waals surface area contributed by atoms with E-state index in [1.165, 1.54) is 11.0 Å². The Balaban J connectivity index is 1.72. The largest absolute Gasteiger partial charge is 0.478 e. The van der Waals surface area contributed by atoms with Crippen LogP contribution in [0.3, 0.4) is 0 Å². The highest BCUT2D eigenvalue weighted by Crippen LogP contribution is 2.34. The Bertz CT molecular complexity index is 1220. The number of aromatic nitrogens is 1. The third-order valence-corrected chi connectivity index (χ3v) is 5.73. The molecule has 1 N–H and O–H groups in total. The van der Waals surface area contributed by atoms with Crippen molar-refractivity contribution in [2.45, 2.75) is 6.54 Å². The van der Waals surface area contributed by atoms with Gasteiger partial charge in [-0.15, -0.1) is 6.58 Å². The van der Waals surface area contributed by atoms with Gasteiger partial charge in [0.2, 0.25) is 0 Å². The lowest BCUT2D eigenvalue weighted by Crippen LogP contribution is -2.27. The van der Waals surface area contributed by atoms with Crippen LogP contribution < -0.4 is 0 Å². The Morgan fingerprint density at radius 2 is 1.93 bits per heavy atom. The van der Waals surface area contributed by atoms with E-state index in [1.54, 1.807) is 24.3 Å². The van der Waals surface area contributed by atoms with Gasteiger partial charge in [-0.2, -0.15) is 0 Å². The van der Waals surface area contributed by atoms with Crippen molar-refractivity contribution >= 4 is 45.9 Å². The van der Waals surface area contributed by atoms with E-state index < -0.39 is 5.97 Å². The Morgan fingerprint density at radius 1 is 1.13 bits per heavy atom. The van der Waals surface area contributed by atoms with Gasteiger partial charge in [-0.1, -0.05) is 36.4 Å². The van der Waals surface area contributed by atoms with Crippen LogP contribution in [0.1, 0.15) is 21.5 Å². The molecule has 1 saturated heterocycles. The van der Waals surface area contributed by atoms with Crippen LogP contribution >= 0.6 is 11.8 Å². The molecule has 0 saturated carbocycles. The fourth-order valence-electron chi connectivity index (χ4n) is 3.45. The predicted molar refractivity (Wildman–Crippen MR) is 117 cm³/mol. The Labute approximate surface area is 177 Å². The van der Waals surface area contributed by atoms with Gasteiger partial charge in [0.25, 0.3) is 11.1 Å². The molecule has 0 aliphatic carbocycles.